The molecule has 1 amide bonds. The highest BCUT2D eigenvalue weighted by Crippen LogP contribution is 2.30. The molecule has 176 valence electrons. The predicted molar refractivity (Wildman–Crippen MR) is 120 cm³/mol. The summed E-state index contributed by atoms with van der Waals surface area (Å²) in [5, 5.41) is 2.63. The van der Waals surface area contributed by atoms with Crippen molar-refractivity contribution in [3.63, 3.8) is 0 Å². The highest BCUT2D eigenvalue weighted by atomic mass is 19.4. The highest BCUT2D eigenvalue weighted by molar-refractivity contribution is 6.06. The van der Waals surface area contributed by atoms with Gasteiger partial charge in [0, 0.05) is 29.1 Å². The summed E-state index contributed by atoms with van der Waals surface area (Å²) in [6, 6.07) is 11.9. The molecule has 0 spiro atoms. The standard InChI is InChI=1S/C25H21F3N2O4/c1-2-34-18-12-8-16(9-13-18)29-23(32)20-14-19-21(4-3-5-22(19)31)30(24(20)33)17-10-6-15(7-11-17)25(26,27)28/h6-14H,2-5H2,1H3,(H,29,32). The molecule has 1 aromatic heterocycles. The largest absolute Gasteiger partial charge is 0.494 e. The molecule has 1 heterocycles. The molecule has 4 rings (SSSR count). The molecule has 0 bridgehead atoms. The van der Waals surface area contributed by atoms with Gasteiger partial charge in [0.25, 0.3) is 11.5 Å². The van der Waals surface area contributed by atoms with E-state index in [0.717, 1.165) is 24.3 Å². The Bertz CT molecular complexity index is 1290. The molecule has 3 aromatic rings. The number of halogens is 3. The normalized spacial score (nSPS) is 13.4. The number of Topliss-reactive ketones (excluding diaryl/α,β-unsaturated/α-hetero) is 1. The summed E-state index contributed by atoms with van der Waals surface area (Å²) in [5.74, 6) is -0.336. The number of anilines is 1. The Morgan fingerprint density at radius 2 is 1.71 bits per heavy atom. The third-order valence-corrected chi connectivity index (χ3v) is 5.54. The quantitative estimate of drug-likeness (QED) is 0.568. The first-order valence-corrected chi connectivity index (χ1v) is 10.7. The van der Waals surface area contributed by atoms with Gasteiger partial charge in [-0.25, -0.2) is 0 Å². The van der Waals surface area contributed by atoms with E-state index in [1.165, 1.54) is 10.6 Å². The number of aromatic nitrogens is 1. The average molecular weight is 470 g/mol. The van der Waals surface area contributed by atoms with Crippen LogP contribution in [0.1, 0.15) is 51.7 Å². The SMILES string of the molecule is CCOc1ccc(NC(=O)c2cc3c(n(-c4ccc(C(F)(F)F)cc4)c2=O)CCCC3=O)cc1. The van der Waals surface area contributed by atoms with Crippen molar-refractivity contribution in [2.24, 2.45) is 0 Å². The molecular formula is C25H21F3N2O4. The van der Waals surface area contributed by atoms with Crippen LogP contribution in [0.25, 0.3) is 5.69 Å². The Labute approximate surface area is 193 Å². The second-order valence-electron chi connectivity index (χ2n) is 7.79. The van der Waals surface area contributed by atoms with Crippen molar-refractivity contribution in [3.8, 4) is 11.4 Å². The van der Waals surface area contributed by atoms with Gasteiger partial charge in [-0.1, -0.05) is 0 Å². The van der Waals surface area contributed by atoms with Crippen molar-refractivity contribution in [2.45, 2.75) is 32.4 Å². The van der Waals surface area contributed by atoms with Crippen molar-refractivity contribution in [3.05, 3.63) is 87.3 Å². The smallest absolute Gasteiger partial charge is 0.416 e. The number of fused-ring (bicyclic) bond motifs is 1. The van der Waals surface area contributed by atoms with Gasteiger partial charge in [0.15, 0.2) is 5.78 Å². The van der Waals surface area contributed by atoms with E-state index in [-0.39, 0.29) is 29.0 Å². The Balaban J connectivity index is 1.77. The van der Waals surface area contributed by atoms with E-state index in [4.69, 9.17) is 4.74 Å². The molecule has 1 aliphatic rings. The Morgan fingerprint density at radius 1 is 1.03 bits per heavy atom. The zero-order chi connectivity index (χ0) is 24.5. The summed E-state index contributed by atoms with van der Waals surface area (Å²) < 4.78 is 45.5. The molecule has 0 fully saturated rings. The number of rotatable bonds is 5. The second-order valence-corrected chi connectivity index (χ2v) is 7.79. The zero-order valence-electron chi connectivity index (χ0n) is 18.2. The fraction of sp³-hybridized carbons (Fsp3) is 0.240. The molecule has 9 heteroatoms. The molecule has 0 radical (unpaired) electrons. The molecule has 0 saturated carbocycles. The molecule has 34 heavy (non-hydrogen) atoms. The van der Waals surface area contributed by atoms with Crippen LogP contribution in [0.2, 0.25) is 0 Å². The maximum Gasteiger partial charge on any atom is 0.416 e. The van der Waals surface area contributed by atoms with Crippen LogP contribution < -0.4 is 15.6 Å². The summed E-state index contributed by atoms with van der Waals surface area (Å²) in [5.41, 5.74) is -0.670. The lowest BCUT2D eigenvalue weighted by Gasteiger charge is -2.22. The minimum Gasteiger partial charge on any atom is -0.494 e. The van der Waals surface area contributed by atoms with Crippen LogP contribution in [0, 0.1) is 0 Å². The average Bonchev–Trinajstić information content (AvgIpc) is 2.80. The molecule has 6 nitrogen and oxygen atoms in total. The fourth-order valence-electron chi connectivity index (χ4n) is 3.93. The number of nitrogens with one attached hydrogen (secondary N) is 1. The van der Waals surface area contributed by atoms with E-state index in [1.54, 1.807) is 24.3 Å². The first-order valence-electron chi connectivity index (χ1n) is 10.7. The predicted octanol–water partition coefficient (Wildman–Crippen LogP) is 5.03. The van der Waals surface area contributed by atoms with Crippen molar-refractivity contribution in [2.75, 3.05) is 11.9 Å². The van der Waals surface area contributed by atoms with Gasteiger partial charge in [0.05, 0.1) is 12.2 Å². The number of carbonyl (C=O) groups excluding carboxylic acids is 2. The fourth-order valence-corrected chi connectivity index (χ4v) is 3.93. The number of hydrogen-bond donors (Lipinski definition) is 1. The third-order valence-electron chi connectivity index (χ3n) is 5.54. The lowest BCUT2D eigenvalue weighted by molar-refractivity contribution is -0.137. The third kappa shape index (κ3) is 4.59. The Morgan fingerprint density at radius 3 is 2.32 bits per heavy atom. The molecular weight excluding hydrogens is 449 g/mol. The lowest BCUT2D eigenvalue weighted by Crippen LogP contribution is -2.33. The van der Waals surface area contributed by atoms with Gasteiger partial charge in [-0.15, -0.1) is 0 Å². The van der Waals surface area contributed by atoms with Crippen molar-refractivity contribution in [1.82, 2.24) is 4.57 Å². The van der Waals surface area contributed by atoms with E-state index >= 15 is 0 Å². The van der Waals surface area contributed by atoms with Gasteiger partial charge < -0.3 is 10.1 Å². The van der Waals surface area contributed by atoms with Crippen molar-refractivity contribution in [1.29, 1.82) is 0 Å². The number of ketones is 1. The van der Waals surface area contributed by atoms with Crippen LogP contribution in [0.4, 0.5) is 18.9 Å². The summed E-state index contributed by atoms with van der Waals surface area (Å²) in [4.78, 5) is 38.9. The number of amides is 1. The molecule has 1 aliphatic carbocycles. The summed E-state index contributed by atoms with van der Waals surface area (Å²) in [7, 11) is 0. The maximum absolute atomic E-state index is 13.3. The van der Waals surface area contributed by atoms with Crippen LogP contribution in [0.15, 0.2) is 59.4 Å². The Hall–Kier alpha value is -3.88. The lowest BCUT2D eigenvalue weighted by atomic mass is 9.92. The minimum atomic E-state index is -4.53. The monoisotopic (exact) mass is 470 g/mol. The number of hydrogen-bond acceptors (Lipinski definition) is 4. The van der Waals surface area contributed by atoms with Crippen LogP contribution in [0.5, 0.6) is 5.75 Å². The van der Waals surface area contributed by atoms with Gasteiger partial charge in [-0.2, -0.15) is 13.2 Å². The molecule has 0 atom stereocenters. The molecule has 0 aliphatic heterocycles. The first-order chi connectivity index (χ1) is 16.2. The molecule has 1 N–H and O–H groups in total. The highest BCUT2D eigenvalue weighted by Gasteiger charge is 2.31. The second kappa shape index (κ2) is 9.17. The molecule has 0 saturated heterocycles. The van der Waals surface area contributed by atoms with Gasteiger partial charge in [-0.05, 0) is 74.4 Å². The van der Waals surface area contributed by atoms with E-state index in [0.29, 0.717) is 36.6 Å². The van der Waals surface area contributed by atoms with E-state index in [2.05, 4.69) is 5.32 Å². The van der Waals surface area contributed by atoms with Gasteiger partial charge in [0.2, 0.25) is 0 Å². The molecule has 0 unspecified atom stereocenters. The van der Waals surface area contributed by atoms with Crippen LogP contribution in [-0.4, -0.2) is 22.9 Å². The van der Waals surface area contributed by atoms with E-state index in [1.807, 2.05) is 6.92 Å². The first kappa shape index (κ1) is 23.3. The maximum atomic E-state index is 13.3. The number of benzene rings is 2. The summed E-state index contributed by atoms with van der Waals surface area (Å²) >= 11 is 0. The van der Waals surface area contributed by atoms with E-state index in [9.17, 15) is 27.6 Å². The Kier molecular flexibility index (Phi) is 6.28. The summed E-state index contributed by atoms with van der Waals surface area (Å²) in [6.45, 7) is 2.33. The van der Waals surface area contributed by atoms with Crippen molar-refractivity contribution >= 4 is 17.4 Å². The van der Waals surface area contributed by atoms with E-state index < -0.39 is 23.2 Å². The number of nitrogens with zero attached hydrogens (tertiary/aromatic N) is 1. The number of alkyl halides is 3. The molecule has 2 aromatic carbocycles. The van der Waals surface area contributed by atoms with Gasteiger partial charge in [0.1, 0.15) is 11.3 Å². The zero-order valence-corrected chi connectivity index (χ0v) is 18.2. The summed E-state index contributed by atoms with van der Waals surface area (Å²) in [6.07, 6.45) is -3.38. The van der Waals surface area contributed by atoms with Gasteiger partial charge in [-0.3, -0.25) is 19.0 Å². The number of carbonyl (C=O) groups is 2. The van der Waals surface area contributed by atoms with Crippen LogP contribution >= 0.6 is 0 Å². The number of pyridine rings is 1. The number of ether oxygens (including phenoxy) is 1. The van der Waals surface area contributed by atoms with Gasteiger partial charge >= 0.3 is 6.18 Å². The van der Waals surface area contributed by atoms with Crippen LogP contribution in [0.3, 0.4) is 0 Å². The van der Waals surface area contributed by atoms with Crippen LogP contribution in [-0.2, 0) is 12.6 Å². The van der Waals surface area contributed by atoms with Crippen molar-refractivity contribution < 1.29 is 27.5 Å². The minimum absolute atomic E-state index is 0.152. The topological polar surface area (TPSA) is 77.4 Å².